The van der Waals surface area contributed by atoms with Gasteiger partial charge in [-0.15, -0.1) is 0 Å². The van der Waals surface area contributed by atoms with Crippen molar-refractivity contribution in [1.82, 2.24) is 9.78 Å². The molecule has 1 aliphatic carbocycles. The predicted octanol–water partition coefficient (Wildman–Crippen LogP) is 2.86. The summed E-state index contributed by atoms with van der Waals surface area (Å²) in [5, 5.41) is 12.1. The molecule has 8 nitrogen and oxygen atoms in total. The van der Waals surface area contributed by atoms with Gasteiger partial charge in [-0.3, -0.25) is 18.8 Å². The number of aryl methyl sites for hydroxylation is 1. The molecule has 1 aromatic carbocycles. The van der Waals surface area contributed by atoms with Crippen molar-refractivity contribution in [3.8, 4) is 0 Å². The normalized spacial score (nSPS) is 18.3. The van der Waals surface area contributed by atoms with Gasteiger partial charge in [-0.25, -0.2) is 0 Å². The number of hydrogen-bond acceptors (Lipinski definition) is 6. The molecule has 2 atom stereocenters. The van der Waals surface area contributed by atoms with Crippen LogP contribution in [0.4, 0.5) is 0 Å². The molecule has 0 amide bonds. The van der Waals surface area contributed by atoms with Gasteiger partial charge in [0, 0.05) is 0 Å². The van der Waals surface area contributed by atoms with Gasteiger partial charge in [0.15, 0.2) is 5.78 Å². The summed E-state index contributed by atoms with van der Waals surface area (Å²) in [5.41, 5.74) is 1.34. The van der Waals surface area contributed by atoms with E-state index < -0.39 is 27.9 Å². The third-order valence-electron chi connectivity index (χ3n) is 5.11. The summed E-state index contributed by atoms with van der Waals surface area (Å²) in [6, 6.07) is 3.78. The molecule has 9 heteroatoms. The SMILES string of the molecule is CCCC(c1cc(S(=O)(=O)O)ccc1C)n1ncc2c1C(=O)C(C)C(=N)C2=O. The lowest BCUT2D eigenvalue weighted by molar-refractivity contribution is 0.0915. The number of carbonyl (C=O) groups is 2. The summed E-state index contributed by atoms with van der Waals surface area (Å²) >= 11 is 0. The largest absolute Gasteiger partial charge is 0.300 e. The van der Waals surface area contributed by atoms with E-state index in [0.29, 0.717) is 18.4 Å². The number of nitrogens with zero attached hydrogens (tertiary/aromatic N) is 2. The molecule has 28 heavy (non-hydrogen) atoms. The van der Waals surface area contributed by atoms with E-state index in [0.717, 1.165) is 5.56 Å². The summed E-state index contributed by atoms with van der Waals surface area (Å²) < 4.78 is 34.0. The highest BCUT2D eigenvalue weighted by molar-refractivity contribution is 7.85. The molecule has 2 aromatic rings. The standard InChI is InChI=1S/C19H21N3O5S/c1-4-5-15(13-8-12(28(25,26)27)7-6-10(13)2)22-17-14(9-21-22)19(24)16(20)11(3)18(17)23/h6-9,11,15,20H,4-5H2,1-3H3,(H,25,26,27). The summed E-state index contributed by atoms with van der Waals surface area (Å²) in [5.74, 6) is -1.74. The van der Waals surface area contributed by atoms with Gasteiger partial charge in [0.05, 0.1) is 34.3 Å². The van der Waals surface area contributed by atoms with Crippen molar-refractivity contribution >= 4 is 27.4 Å². The Balaban J connectivity index is 2.22. The first-order chi connectivity index (χ1) is 13.1. The molecular formula is C19H21N3O5S. The molecule has 2 unspecified atom stereocenters. The van der Waals surface area contributed by atoms with Gasteiger partial charge in [0.1, 0.15) is 5.69 Å². The van der Waals surface area contributed by atoms with E-state index in [2.05, 4.69) is 5.10 Å². The van der Waals surface area contributed by atoms with E-state index in [1.165, 1.54) is 29.9 Å². The molecule has 1 aromatic heterocycles. The summed E-state index contributed by atoms with van der Waals surface area (Å²) in [6.07, 6.45) is 2.54. The van der Waals surface area contributed by atoms with Crippen LogP contribution in [-0.2, 0) is 10.1 Å². The smallest absolute Gasteiger partial charge is 0.294 e. The van der Waals surface area contributed by atoms with Crippen LogP contribution in [0, 0.1) is 18.3 Å². The number of ketones is 2. The lowest BCUT2D eigenvalue weighted by atomic mass is 9.85. The molecule has 1 aliphatic rings. The van der Waals surface area contributed by atoms with Gasteiger partial charge in [0.2, 0.25) is 5.78 Å². The van der Waals surface area contributed by atoms with Crippen molar-refractivity contribution in [1.29, 1.82) is 5.41 Å². The van der Waals surface area contributed by atoms with Gasteiger partial charge in [-0.2, -0.15) is 13.5 Å². The quantitative estimate of drug-likeness (QED) is 0.738. The van der Waals surface area contributed by atoms with Crippen molar-refractivity contribution < 1.29 is 22.6 Å². The number of fused-ring (bicyclic) bond motifs is 1. The number of hydrogen-bond donors (Lipinski definition) is 2. The number of Topliss-reactive ketones (excluding diaryl/α,β-unsaturated/α-hetero) is 2. The van der Waals surface area contributed by atoms with E-state index in [1.807, 2.05) is 6.92 Å². The van der Waals surface area contributed by atoms with Crippen molar-refractivity contribution in [3.63, 3.8) is 0 Å². The molecule has 0 saturated heterocycles. The monoisotopic (exact) mass is 403 g/mol. The molecule has 0 radical (unpaired) electrons. The molecule has 3 rings (SSSR count). The maximum absolute atomic E-state index is 12.8. The van der Waals surface area contributed by atoms with Crippen LogP contribution in [0.5, 0.6) is 0 Å². The van der Waals surface area contributed by atoms with Crippen LogP contribution in [0.3, 0.4) is 0 Å². The Hall–Kier alpha value is -2.65. The highest BCUT2D eigenvalue weighted by Crippen LogP contribution is 2.33. The van der Waals surface area contributed by atoms with Crippen LogP contribution in [0.2, 0.25) is 0 Å². The highest BCUT2D eigenvalue weighted by Gasteiger charge is 2.39. The van der Waals surface area contributed by atoms with Crippen LogP contribution in [-0.4, -0.2) is 40.0 Å². The van der Waals surface area contributed by atoms with Crippen LogP contribution < -0.4 is 0 Å². The molecule has 0 fully saturated rings. The van der Waals surface area contributed by atoms with Crippen LogP contribution >= 0.6 is 0 Å². The zero-order chi connectivity index (χ0) is 20.8. The lowest BCUT2D eigenvalue weighted by Gasteiger charge is -2.25. The molecule has 1 heterocycles. The van der Waals surface area contributed by atoms with Crippen molar-refractivity contribution in [2.45, 2.75) is 44.6 Å². The molecule has 0 saturated carbocycles. The second-order valence-electron chi connectivity index (χ2n) is 6.98. The molecule has 0 aliphatic heterocycles. The molecule has 0 bridgehead atoms. The van der Waals surface area contributed by atoms with Gasteiger partial charge in [-0.1, -0.05) is 19.4 Å². The van der Waals surface area contributed by atoms with Crippen LogP contribution in [0.25, 0.3) is 0 Å². The maximum Gasteiger partial charge on any atom is 0.294 e. The number of carbonyl (C=O) groups excluding carboxylic acids is 2. The first kappa shape index (κ1) is 20.1. The van der Waals surface area contributed by atoms with Gasteiger partial charge < -0.3 is 5.41 Å². The summed E-state index contributed by atoms with van der Waals surface area (Å²) in [4.78, 5) is 25.0. The van der Waals surface area contributed by atoms with E-state index in [9.17, 15) is 22.6 Å². The summed E-state index contributed by atoms with van der Waals surface area (Å²) in [7, 11) is -4.39. The number of rotatable bonds is 5. The van der Waals surface area contributed by atoms with E-state index in [-0.39, 0.29) is 27.6 Å². The first-order valence-electron chi connectivity index (χ1n) is 8.90. The van der Waals surface area contributed by atoms with Crippen molar-refractivity contribution in [3.05, 3.63) is 46.8 Å². The minimum Gasteiger partial charge on any atom is -0.300 e. The fourth-order valence-electron chi connectivity index (χ4n) is 3.51. The number of nitrogens with one attached hydrogen (secondary N) is 1. The van der Waals surface area contributed by atoms with Gasteiger partial charge in [0.25, 0.3) is 10.1 Å². The molecule has 148 valence electrons. The number of benzene rings is 1. The Morgan fingerprint density at radius 3 is 2.61 bits per heavy atom. The van der Waals surface area contributed by atoms with Crippen LogP contribution in [0.15, 0.2) is 29.3 Å². The molecular weight excluding hydrogens is 382 g/mol. The van der Waals surface area contributed by atoms with Gasteiger partial charge >= 0.3 is 0 Å². The first-order valence-corrected chi connectivity index (χ1v) is 10.3. The zero-order valence-electron chi connectivity index (χ0n) is 15.8. The lowest BCUT2D eigenvalue weighted by Crippen LogP contribution is -2.36. The average molecular weight is 403 g/mol. The maximum atomic E-state index is 12.8. The minimum absolute atomic E-state index is 0.0952. The number of aromatic nitrogens is 2. The van der Waals surface area contributed by atoms with E-state index >= 15 is 0 Å². The Morgan fingerprint density at radius 1 is 1.32 bits per heavy atom. The second kappa shape index (κ2) is 7.06. The zero-order valence-corrected chi connectivity index (χ0v) is 16.6. The fourth-order valence-corrected chi connectivity index (χ4v) is 4.03. The highest BCUT2D eigenvalue weighted by atomic mass is 32.2. The van der Waals surface area contributed by atoms with Crippen molar-refractivity contribution in [2.24, 2.45) is 5.92 Å². The third-order valence-corrected chi connectivity index (χ3v) is 5.96. The predicted molar refractivity (Wildman–Crippen MR) is 102 cm³/mol. The Morgan fingerprint density at radius 2 is 2.00 bits per heavy atom. The van der Waals surface area contributed by atoms with E-state index in [1.54, 1.807) is 13.0 Å². The Labute approximate surface area is 162 Å². The van der Waals surface area contributed by atoms with Crippen molar-refractivity contribution in [2.75, 3.05) is 0 Å². The average Bonchev–Trinajstić information content (AvgIpc) is 3.07. The topological polar surface area (TPSA) is 130 Å². The Bertz CT molecular complexity index is 1100. The van der Waals surface area contributed by atoms with E-state index in [4.69, 9.17) is 5.41 Å². The fraction of sp³-hybridized carbons (Fsp3) is 0.368. The van der Waals surface area contributed by atoms with Gasteiger partial charge in [-0.05, 0) is 43.5 Å². The second-order valence-corrected chi connectivity index (χ2v) is 8.40. The Kier molecular flexibility index (Phi) is 5.07. The van der Waals surface area contributed by atoms with Crippen LogP contribution in [0.1, 0.15) is 64.7 Å². The molecule has 2 N–H and O–H groups in total. The third kappa shape index (κ3) is 3.20. The minimum atomic E-state index is -4.39. The molecule has 0 spiro atoms. The summed E-state index contributed by atoms with van der Waals surface area (Å²) in [6.45, 7) is 5.26.